The summed E-state index contributed by atoms with van der Waals surface area (Å²) in [7, 11) is 2.26. The van der Waals surface area contributed by atoms with E-state index in [1.807, 2.05) is 0 Å². The van der Waals surface area contributed by atoms with Gasteiger partial charge in [-0.15, -0.1) is 0 Å². The molecule has 0 amide bonds. The van der Waals surface area contributed by atoms with Crippen LogP contribution in [0, 0.1) is 11.8 Å². The molecule has 2 aliphatic heterocycles. The van der Waals surface area contributed by atoms with E-state index < -0.39 is 0 Å². The first kappa shape index (κ1) is 14.8. The van der Waals surface area contributed by atoms with Gasteiger partial charge < -0.3 is 10.6 Å². The fourth-order valence-corrected chi connectivity index (χ4v) is 5.05. The first-order chi connectivity index (χ1) is 9.64. The lowest BCUT2D eigenvalue weighted by Crippen LogP contribution is -2.63. The van der Waals surface area contributed by atoms with Gasteiger partial charge in [-0.2, -0.15) is 0 Å². The van der Waals surface area contributed by atoms with Crippen LogP contribution >= 0.6 is 0 Å². The Balaban J connectivity index is 1.70. The monoisotopic (exact) mass is 279 g/mol. The van der Waals surface area contributed by atoms with E-state index in [9.17, 15) is 0 Å². The molecule has 0 aromatic carbocycles. The summed E-state index contributed by atoms with van der Waals surface area (Å²) in [6.07, 6.45) is 9.86. The van der Waals surface area contributed by atoms with E-state index in [-0.39, 0.29) is 0 Å². The van der Waals surface area contributed by atoms with Gasteiger partial charge in [-0.25, -0.2) is 0 Å². The average Bonchev–Trinajstić information content (AvgIpc) is 2.50. The largest absolute Gasteiger partial charge is 0.329 e. The van der Waals surface area contributed by atoms with E-state index in [0.29, 0.717) is 11.6 Å². The number of fused-ring (bicyclic) bond motifs is 1. The smallest absolute Gasteiger partial charge is 0.0358 e. The standard InChI is InChI=1S/C17H33N3/c1-14-11-17(13-18,8-10-19(14)2)20-9-7-15-5-3-4-6-16(15)12-20/h14-16H,3-13,18H2,1-2H3. The van der Waals surface area contributed by atoms with Crippen LogP contribution in [0.15, 0.2) is 0 Å². The van der Waals surface area contributed by atoms with E-state index in [0.717, 1.165) is 18.4 Å². The fraction of sp³-hybridized carbons (Fsp3) is 1.00. The summed E-state index contributed by atoms with van der Waals surface area (Å²) in [6.45, 7) is 7.07. The molecule has 0 spiro atoms. The molecule has 3 fully saturated rings. The lowest BCUT2D eigenvalue weighted by atomic mass is 9.72. The number of rotatable bonds is 2. The van der Waals surface area contributed by atoms with Crippen molar-refractivity contribution in [2.24, 2.45) is 17.6 Å². The highest BCUT2D eigenvalue weighted by molar-refractivity contribution is 5.01. The van der Waals surface area contributed by atoms with Gasteiger partial charge >= 0.3 is 0 Å². The second-order valence-corrected chi connectivity index (χ2v) is 7.75. The molecule has 1 aliphatic carbocycles. The van der Waals surface area contributed by atoms with Crippen LogP contribution in [0.4, 0.5) is 0 Å². The number of hydrogen-bond acceptors (Lipinski definition) is 3. The Morgan fingerprint density at radius 3 is 2.55 bits per heavy atom. The van der Waals surface area contributed by atoms with Crippen LogP contribution in [0.2, 0.25) is 0 Å². The van der Waals surface area contributed by atoms with Crippen molar-refractivity contribution in [1.29, 1.82) is 0 Å². The molecule has 0 bridgehead atoms. The zero-order valence-corrected chi connectivity index (χ0v) is 13.5. The third kappa shape index (κ3) is 2.65. The molecule has 4 atom stereocenters. The van der Waals surface area contributed by atoms with Gasteiger partial charge in [0.25, 0.3) is 0 Å². The molecule has 3 aliphatic rings. The summed E-state index contributed by atoms with van der Waals surface area (Å²) in [5, 5.41) is 0. The van der Waals surface area contributed by atoms with Crippen molar-refractivity contribution in [3.63, 3.8) is 0 Å². The molecule has 2 saturated heterocycles. The average molecular weight is 279 g/mol. The van der Waals surface area contributed by atoms with Crippen LogP contribution in [-0.2, 0) is 0 Å². The maximum atomic E-state index is 6.28. The SMILES string of the molecule is CC1CC(CN)(N2CCC3CCCCC3C2)CCN1C. The molecule has 1 saturated carbocycles. The molecule has 3 heteroatoms. The predicted octanol–water partition coefficient (Wildman–Crippen LogP) is 2.31. The van der Waals surface area contributed by atoms with E-state index in [1.165, 1.54) is 64.6 Å². The molecule has 0 aromatic heterocycles. The van der Waals surface area contributed by atoms with Crippen molar-refractivity contribution in [3.05, 3.63) is 0 Å². The highest BCUT2D eigenvalue weighted by Gasteiger charge is 2.44. The zero-order valence-electron chi connectivity index (χ0n) is 13.5. The van der Waals surface area contributed by atoms with Gasteiger partial charge in [0, 0.05) is 24.7 Å². The molecule has 116 valence electrons. The van der Waals surface area contributed by atoms with E-state index in [2.05, 4.69) is 23.8 Å². The quantitative estimate of drug-likeness (QED) is 0.842. The summed E-state index contributed by atoms with van der Waals surface area (Å²) in [6, 6.07) is 0.677. The molecule has 4 unspecified atom stereocenters. The normalized spacial score (nSPS) is 44.2. The Bertz CT molecular complexity index is 332. The Kier molecular flexibility index (Phi) is 4.40. The Morgan fingerprint density at radius 1 is 1.10 bits per heavy atom. The molecule has 3 rings (SSSR count). The maximum absolute atomic E-state index is 6.28. The number of piperidine rings is 2. The highest BCUT2D eigenvalue weighted by Crippen LogP contribution is 2.40. The Hall–Kier alpha value is -0.120. The van der Waals surface area contributed by atoms with Crippen molar-refractivity contribution < 1.29 is 0 Å². The minimum atomic E-state index is 0.300. The van der Waals surface area contributed by atoms with Crippen LogP contribution in [0.1, 0.15) is 51.9 Å². The van der Waals surface area contributed by atoms with Crippen molar-refractivity contribution >= 4 is 0 Å². The summed E-state index contributed by atoms with van der Waals surface area (Å²) in [5.41, 5.74) is 6.58. The summed E-state index contributed by atoms with van der Waals surface area (Å²) >= 11 is 0. The van der Waals surface area contributed by atoms with E-state index >= 15 is 0 Å². The van der Waals surface area contributed by atoms with Crippen LogP contribution < -0.4 is 5.73 Å². The molecule has 2 heterocycles. The summed E-state index contributed by atoms with van der Waals surface area (Å²) in [5.74, 6) is 1.99. The molecular weight excluding hydrogens is 246 g/mol. The van der Waals surface area contributed by atoms with Crippen molar-refractivity contribution in [2.45, 2.75) is 63.5 Å². The van der Waals surface area contributed by atoms with Gasteiger partial charge in [-0.1, -0.05) is 19.3 Å². The van der Waals surface area contributed by atoms with E-state index in [1.54, 1.807) is 0 Å². The molecule has 0 radical (unpaired) electrons. The number of hydrogen-bond donors (Lipinski definition) is 1. The van der Waals surface area contributed by atoms with Gasteiger partial charge in [0.1, 0.15) is 0 Å². The van der Waals surface area contributed by atoms with Crippen LogP contribution in [0.3, 0.4) is 0 Å². The highest BCUT2D eigenvalue weighted by atomic mass is 15.3. The van der Waals surface area contributed by atoms with Crippen molar-refractivity contribution in [2.75, 3.05) is 33.2 Å². The van der Waals surface area contributed by atoms with Crippen LogP contribution in [-0.4, -0.2) is 54.6 Å². The van der Waals surface area contributed by atoms with Crippen molar-refractivity contribution in [3.8, 4) is 0 Å². The summed E-state index contributed by atoms with van der Waals surface area (Å²) in [4.78, 5) is 5.31. The van der Waals surface area contributed by atoms with E-state index in [4.69, 9.17) is 5.73 Å². The molecule has 0 aromatic rings. The fourth-order valence-electron chi connectivity index (χ4n) is 5.05. The minimum Gasteiger partial charge on any atom is -0.329 e. The lowest BCUT2D eigenvalue weighted by molar-refractivity contribution is -0.0354. The minimum absolute atomic E-state index is 0.300. The molecule has 2 N–H and O–H groups in total. The summed E-state index contributed by atoms with van der Waals surface area (Å²) < 4.78 is 0. The maximum Gasteiger partial charge on any atom is 0.0358 e. The third-order valence-corrected chi connectivity index (χ3v) is 6.70. The second-order valence-electron chi connectivity index (χ2n) is 7.75. The Labute approximate surface area is 124 Å². The first-order valence-electron chi connectivity index (χ1n) is 8.80. The molecule has 3 nitrogen and oxygen atoms in total. The van der Waals surface area contributed by atoms with Gasteiger partial charge in [-0.3, -0.25) is 4.90 Å². The van der Waals surface area contributed by atoms with Crippen LogP contribution in [0.25, 0.3) is 0 Å². The lowest BCUT2D eigenvalue weighted by Gasteiger charge is -2.54. The van der Waals surface area contributed by atoms with Gasteiger partial charge in [0.2, 0.25) is 0 Å². The Morgan fingerprint density at radius 2 is 1.85 bits per heavy atom. The molecule has 20 heavy (non-hydrogen) atoms. The first-order valence-corrected chi connectivity index (χ1v) is 8.80. The second kappa shape index (κ2) is 5.94. The van der Waals surface area contributed by atoms with Gasteiger partial charge in [-0.05, 0) is 64.6 Å². The zero-order chi connectivity index (χ0) is 14.2. The van der Waals surface area contributed by atoms with Crippen LogP contribution in [0.5, 0.6) is 0 Å². The topological polar surface area (TPSA) is 32.5 Å². The number of likely N-dealkylation sites (tertiary alicyclic amines) is 2. The number of nitrogens with two attached hydrogens (primary N) is 1. The molecular formula is C17H33N3. The predicted molar refractivity (Wildman–Crippen MR) is 84.7 cm³/mol. The van der Waals surface area contributed by atoms with Crippen molar-refractivity contribution in [1.82, 2.24) is 9.80 Å². The van der Waals surface area contributed by atoms with Gasteiger partial charge in [0.05, 0.1) is 0 Å². The van der Waals surface area contributed by atoms with Gasteiger partial charge in [0.15, 0.2) is 0 Å². The number of nitrogens with zero attached hydrogens (tertiary/aromatic N) is 2. The third-order valence-electron chi connectivity index (χ3n) is 6.70.